The highest BCUT2D eigenvalue weighted by Crippen LogP contribution is 2.30. The third-order valence-electron chi connectivity index (χ3n) is 3.86. The Morgan fingerprint density at radius 1 is 1.23 bits per heavy atom. The number of primary amides is 1. The number of ether oxygens (including phenoxy) is 3. The van der Waals surface area contributed by atoms with Crippen LogP contribution in [0.4, 0.5) is 0 Å². The first kappa shape index (κ1) is 17.6. The molecule has 2 aromatic carbocycles. The number of carbonyl (C=O) groups excluding carboxylic acids is 2. The molecule has 0 radical (unpaired) electrons. The molecule has 0 bridgehead atoms. The van der Waals surface area contributed by atoms with Crippen molar-refractivity contribution in [2.75, 3.05) is 19.8 Å². The Labute approximate surface area is 151 Å². The van der Waals surface area contributed by atoms with Crippen LogP contribution in [0.2, 0.25) is 0 Å². The van der Waals surface area contributed by atoms with Crippen LogP contribution in [0.15, 0.2) is 42.5 Å². The van der Waals surface area contributed by atoms with Crippen LogP contribution in [-0.4, -0.2) is 37.7 Å². The lowest BCUT2D eigenvalue weighted by atomic mass is 10.1. The van der Waals surface area contributed by atoms with Gasteiger partial charge in [-0.25, -0.2) is 0 Å². The summed E-state index contributed by atoms with van der Waals surface area (Å²) in [4.78, 5) is 23.4. The largest absolute Gasteiger partial charge is 0.486 e. The summed E-state index contributed by atoms with van der Waals surface area (Å²) in [5, 5.41) is 2.73. The van der Waals surface area contributed by atoms with E-state index in [0.29, 0.717) is 23.9 Å². The van der Waals surface area contributed by atoms with E-state index in [0.717, 1.165) is 5.56 Å². The number of para-hydroxylation sites is 2. The van der Waals surface area contributed by atoms with E-state index in [-0.39, 0.29) is 30.7 Å². The summed E-state index contributed by atoms with van der Waals surface area (Å²) in [5.74, 6) is 0.701. The van der Waals surface area contributed by atoms with E-state index in [1.54, 1.807) is 18.2 Å². The van der Waals surface area contributed by atoms with Crippen molar-refractivity contribution in [1.29, 1.82) is 0 Å². The molecule has 1 atom stereocenters. The van der Waals surface area contributed by atoms with Crippen molar-refractivity contribution in [3.63, 3.8) is 0 Å². The monoisotopic (exact) mass is 356 g/mol. The lowest BCUT2D eigenvalue weighted by Crippen LogP contribution is -2.42. The fraction of sp³-hybridized carbons (Fsp3) is 0.263. The zero-order valence-electron chi connectivity index (χ0n) is 14.4. The van der Waals surface area contributed by atoms with Gasteiger partial charge < -0.3 is 25.3 Å². The Morgan fingerprint density at radius 2 is 2.00 bits per heavy atom. The third-order valence-corrected chi connectivity index (χ3v) is 3.86. The number of fused-ring (bicyclic) bond motifs is 1. The van der Waals surface area contributed by atoms with Crippen LogP contribution in [-0.2, 0) is 4.79 Å². The molecule has 0 aromatic heterocycles. The molecule has 1 heterocycles. The normalized spacial score (nSPS) is 15.2. The molecule has 26 heavy (non-hydrogen) atoms. The molecule has 0 unspecified atom stereocenters. The second-order valence-corrected chi connectivity index (χ2v) is 5.95. The topological polar surface area (TPSA) is 99.9 Å². The van der Waals surface area contributed by atoms with Crippen LogP contribution in [0.5, 0.6) is 17.2 Å². The molecule has 7 heteroatoms. The van der Waals surface area contributed by atoms with Gasteiger partial charge in [-0.05, 0) is 36.8 Å². The predicted octanol–water partition coefficient (Wildman–Crippen LogP) is 1.43. The van der Waals surface area contributed by atoms with Gasteiger partial charge in [0.2, 0.25) is 0 Å². The Hall–Kier alpha value is -3.22. The lowest BCUT2D eigenvalue weighted by Gasteiger charge is -2.26. The van der Waals surface area contributed by atoms with Crippen LogP contribution < -0.4 is 25.3 Å². The number of aryl methyl sites for hydroxylation is 1. The fourth-order valence-corrected chi connectivity index (χ4v) is 2.54. The van der Waals surface area contributed by atoms with Gasteiger partial charge in [-0.2, -0.15) is 0 Å². The SMILES string of the molecule is Cc1ccc(C(N)=O)c(OCC(=O)NC[C@@H]2COc3ccccc3O2)c1. The van der Waals surface area contributed by atoms with E-state index in [4.69, 9.17) is 19.9 Å². The first-order valence-electron chi connectivity index (χ1n) is 8.21. The number of rotatable bonds is 6. The van der Waals surface area contributed by atoms with Crippen LogP contribution in [0.3, 0.4) is 0 Å². The van der Waals surface area contributed by atoms with Crippen molar-refractivity contribution in [3.8, 4) is 17.2 Å². The molecule has 0 aliphatic carbocycles. The van der Waals surface area contributed by atoms with Gasteiger partial charge in [0.25, 0.3) is 11.8 Å². The zero-order chi connectivity index (χ0) is 18.5. The molecule has 1 aliphatic heterocycles. The van der Waals surface area contributed by atoms with Gasteiger partial charge in [0.1, 0.15) is 18.5 Å². The summed E-state index contributed by atoms with van der Waals surface area (Å²) >= 11 is 0. The molecule has 0 spiro atoms. The first-order chi connectivity index (χ1) is 12.5. The maximum atomic E-state index is 12.0. The molecule has 0 fully saturated rings. The van der Waals surface area contributed by atoms with E-state index in [1.165, 1.54) is 0 Å². The lowest BCUT2D eigenvalue weighted by molar-refractivity contribution is -0.123. The fourth-order valence-electron chi connectivity index (χ4n) is 2.54. The molecule has 3 N–H and O–H groups in total. The molecule has 1 aliphatic rings. The third kappa shape index (κ3) is 4.24. The molecule has 0 saturated heterocycles. The van der Waals surface area contributed by atoms with Crippen molar-refractivity contribution < 1.29 is 23.8 Å². The number of nitrogens with two attached hydrogens (primary N) is 1. The van der Waals surface area contributed by atoms with Crippen molar-refractivity contribution in [2.45, 2.75) is 13.0 Å². The number of carbonyl (C=O) groups is 2. The van der Waals surface area contributed by atoms with Gasteiger partial charge in [-0.15, -0.1) is 0 Å². The van der Waals surface area contributed by atoms with Gasteiger partial charge in [0.05, 0.1) is 12.1 Å². The van der Waals surface area contributed by atoms with Gasteiger partial charge in [0, 0.05) is 0 Å². The molecule has 7 nitrogen and oxygen atoms in total. The average Bonchev–Trinajstić information content (AvgIpc) is 2.64. The van der Waals surface area contributed by atoms with Crippen LogP contribution in [0, 0.1) is 6.92 Å². The van der Waals surface area contributed by atoms with Crippen LogP contribution >= 0.6 is 0 Å². The molecular weight excluding hydrogens is 336 g/mol. The average molecular weight is 356 g/mol. The first-order valence-corrected chi connectivity index (χ1v) is 8.21. The Balaban J connectivity index is 1.50. The number of amides is 2. The number of benzene rings is 2. The molecule has 3 rings (SSSR count). The molecular formula is C19H20N2O5. The molecule has 136 valence electrons. The number of nitrogens with one attached hydrogen (secondary N) is 1. The van der Waals surface area contributed by atoms with Gasteiger partial charge in [-0.3, -0.25) is 9.59 Å². The van der Waals surface area contributed by atoms with E-state index < -0.39 is 5.91 Å². The summed E-state index contributed by atoms with van der Waals surface area (Å²) in [6, 6.07) is 12.4. The minimum Gasteiger partial charge on any atom is -0.486 e. The van der Waals surface area contributed by atoms with Crippen LogP contribution in [0.25, 0.3) is 0 Å². The van der Waals surface area contributed by atoms with Gasteiger partial charge in [0.15, 0.2) is 18.1 Å². The Kier molecular flexibility index (Phi) is 5.26. The van der Waals surface area contributed by atoms with Gasteiger partial charge in [-0.1, -0.05) is 18.2 Å². The highest BCUT2D eigenvalue weighted by atomic mass is 16.6. The zero-order valence-corrected chi connectivity index (χ0v) is 14.4. The maximum Gasteiger partial charge on any atom is 0.258 e. The predicted molar refractivity (Wildman–Crippen MR) is 94.6 cm³/mol. The minimum absolute atomic E-state index is 0.228. The van der Waals surface area contributed by atoms with Crippen molar-refractivity contribution >= 4 is 11.8 Å². The Bertz CT molecular complexity index is 821. The van der Waals surface area contributed by atoms with Crippen LogP contribution in [0.1, 0.15) is 15.9 Å². The Morgan fingerprint density at radius 3 is 2.77 bits per heavy atom. The maximum absolute atomic E-state index is 12.0. The van der Waals surface area contributed by atoms with Crippen molar-refractivity contribution in [1.82, 2.24) is 5.32 Å². The summed E-state index contributed by atoms with van der Waals surface area (Å²) < 4.78 is 16.8. The molecule has 2 amide bonds. The quantitative estimate of drug-likeness (QED) is 0.816. The van der Waals surface area contributed by atoms with E-state index in [2.05, 4.69) is 5.32 Å². The number of hydrogen-bond donors (Lipinski definition) is 2. The van der Waals surface area contributed by atoms with Crippen molar-refractivity contribution in [3.05, 3.63) is 53.6 Å². The van der Waals surface area contributed by atoms with E-state index in [1.807, 2.05) is 31.2 Å². The smallest absolute Gasteiger partial charge is 0.258 e. The standard InChI is InChI=1S/C19H20N2O5/c1-12-6-7-14(19(20)23)17(8-12)25-11-18(22)21-9-13-10-24-15-4-2-3-5-16(15)26-13/h2-8,13H,9-11H2,1H3,(H2,20,23)(H,21,22)/t13-/m1/s1. The highest BCUT2D eigenvalue weighted by molar-refractivity contribution is 5.95. The molecule has 0 saturated carbocycles. The second kappa shape index (κ2) is 7.77. The summed E-state index contributed by atoms with van der Waals surface area (Å²) in [6.45, 7) is 2.26. The van der Waals surface area contributed by atoms with E-state index in [9.17, 15) is 9.59 Å². The highest BCUT2D eigenvalue weighted by Gasteiger charge is 2.21. The summed E-state index contributed by atoms with van der Waals surface area (Å²) in [5.41, 5.74) is 6.46. The number of hydrogen-bond acceptors (Lipinski definition) is 5. The van der Waals surface area contributed by atoms with E-state index >= 15 is 0 Å². The summed E-state index contributed by atoms with van der Waals surface area (Å²) in [7, 11) is 0. The second-order valence-electron chi connectivity index (χ2n) is 5.95. The van der Waals surface area contributed by atoms with Crippen molar-refractivity contribution in [2.24, 2.45) is 5.73 Å². The minimum atomic E-state index is -0.605. The van der Waals surface area contributed by atoms with Gasteiger partial charge >= 0.3 is 0 Å². The summed E-state index contributed by atoms with van der Waals surface area (Å²) in [6.07, 6.45) is -0.283. The molecule has 2 aromatic rings.